The highest BCUT2D eigenvalue weighted by molar-refractivity contribution is 6.31. The van der Waals surface area contributed by atoms with Crippen LogP contribution in [0.25, 0.3) is 0 Å². The minimum absolute atomic E-state index is 0.0126. The second-order valence-electron chi connectivity index (χ2n) is 6.72. The van der Waals surface area contributed by atoms with Gasteiger partial charge >= 0.3 is 0 Å². The van der Waals surface area contributed by atoms with Crippen LogP contribution in [0.15, 0.2) is 47.1 Å². The molecule has 23 heavy (non-hydrogen) atoms. The smallest absolute Gasteiger partial charge is 0.205 e. The molecule has 1 aromatic rings. The van der Waals surface area contributed by atoms with Crippen molar-refractivity contribution in [2.75, 3.05) is 0 Å². The molecule has 118 valence electrons. The van der Waals surface area contributed by atoms with Crippen LogP contribution < -0.4 is 5.73 Å². The Bertz CT molecular complexity index is 799. The fourth-order valence-corrected chi connectivity index (χ4v) is 3.55. The quantitative estimate of drug-likeness (QED) is 0.850. The average Bonchev–Trinajstić information content (AvgIpc) is 2.45. The third kappa shape index (κ3) is 2.62. The molecule has 1 atom stereocenters. The largest absolute Gasteiger partial charge is 0.444 e. The van der Waals surface area contributed by atoms with E-state index < -0.39 is 5.92 Å². The van der Waals surface area contributed by atoms with Gasteiger partial charge in [-0.25, -0.2) is 0 Å². The fraction of sp³-hybridized carbons (Fsp3) is 0.333. The Kier molecular flexibility index (Phi) is 3.69. The number of allylic oxidation sites excluding steroid dienone is 3. The van der Waals surface area contributed by atoms with Crippen LogP contribution >= 0.6 is 11.6 Å². The summed E-state index contributed by atoms with van der Waals surface area (Å²) in [7, 11) is 0. The van der Waals surface area contributed by atoms with E-state index in [1.54, 1.807) is 6.07 Å². The molecule has 3 rings (SSSR count). The topological polar surface area (TPSA) is 76.1 Å². The monoisotopic (exact) mass is 328 g/mol. The molecule has 5 heteroatoms. The maximum atomic E-state index is 12.8. The molecule has 0 spiro atoms. The maximum absolute atomic E-state index is 12.8. The van der Waals surface area contributed by atoms with Gasteiger partial charge in [-0.3, -0.25) is 4.79 Å². The lowest BCUT2D eigenvalue weighted by Gasteiger charge is -2.37. The molecule has 1 aliphatic carbocycles. The highest BCUT2D eigenvalue weighted by Gasteiger charge is 2.43. The Labute approximate surface area is 140 Å². The van der Waals surface area contributed by atoms with Crippen molar-refractivity contribution in [1.82, 2.24) is 0 Å². The Morgan fingerprint density at radius 2 is 2.04 bits per heavy atom. The predicted octanol–water partition coefficient (Wildman–Crippen LogP) is 3.79. The first-order chi connectivity index (χ1) is 10.8. The zero-order chi connectivity index (χ0) is 16.8. The number of ether oxygens (including phenoxy) is 1. The van der Waals surface area contributed by atoms with E-state index in [-0.39, 0.29) is 22.7 Å². The standard InChI is InChI=1S/C18H17ClN2O2/c1-18(2)7-13(22)16-14(8-18)23-17(21)11(9-20)15(16)10-5-3-4-6-12(10)19/h3-6,15H,7-8,21H2,1-2H3/t15-/m0/s1. The first-order valence-corrected chi connectivity index (χ1v) is 7.80. The SMILES string of the molecule is CC1(C)CC(=O)C2=C(C1)OC(N)=C(C#N)[C@@H]2c1ccccc1Cl. The molecule has 0 unspecified atom stereocenters. The molecule has 1 heterocycles. The second-order valence-corrected chi connectivity index (χ2v) is 7.13. The van der Waals surface area contributed by atoms with Gasteiger partial charge < -0.3 is 10.5 Å². The van der Waals surface area contributed by atoms with Crippen LogP contribution in [0.2, 0.25) is 5.02 Å². The molecule has 0 fully saturated rings. The van der Waals surface area contributed by atoms with E-state index in [0.29, 0.717) is 34.8 Å². The zero-order valence-corrected chi connectivity index (χ0v) is 13.8. The Hall–Kier alpha value is -2.25. The van der Waals surface area contributed by atoms with Crippen molar-refractivity contribution in [2.45, 2.75) is 32.6 Å². The third-order valence-corrected chi connectivity index (χ3v) is 4.64. The number of ketones is 1. The number of Topliss-reactive ketones (excluding diaryl/α,β-unsaturated/α-hetero) is 1. The van der Waals surface area contributed by atoms with Gasteiger partial charge in [-0.1, -0.05) is 43.6 Å². The van der Waals surface area contributed by atoms with Crippen molar-refractivity contribution in [3.8, 4) is 6.07 Å². The summed E-state index contributed by atoms with van der Waals surface area (Å²) in [6.45, 7) is 4.03. The van der Waals surface area contributed by atoms with E-state index in [0.717, 1.165) is 0 Å². The number of carbonyl (C=O) groups excluding carboxylic acids is 1. The Balaban J connectivity index is 2.22. The number of hydrogen-bond acceptors (Lipinski definition) is 4. The van der Waals surface area contributed by atoms with Gasteiger partial charge in [-0.05, 0) is 17.0 Å². The van der Waals surface area contributed by atoms with E-state index >= 15 is 0 Å². The summed E-state index contributed by atoms with van der Waals surface area (Å²) in [6.07, 6.45) is 1.02. The lowest BCUT2D eigenvalue weighted by molar-refractivity contribution is -0.119. The molecule has 2 N–H and O–H groups in total. The van der Waals surface area contributed by atoms with Crippen molar-refractivity contribution in [3.63, 3.8) is 0 Å². The molecule has 1 aromatic carbocycles. The van der Waals surface area contributed by atoms with Crippen LogP contribution in [0.4, 0.5) is 0 Å². The van der Waals surface area contributed by atoms with E-state index in [9.17, 15) is 10.1 Å². The van der Waals surface area contributed by atoms with Gasteiger partial charge in [0.25, 0.3) is 0 Å². The minimum Gasteiger partial charge on any atom is -0.444 e. The van der Waals surface area contributed by atoms with Crippen LogP contribution in [-0.2, 0) is 9.53 Å². The Morgan fingerprint density at radius 3 is 2.70 bits per heavy atom. The number of benzene rings is 1. The van der Waals surface area contributed by atoms with Gasteiger partial charge in [0.05, 0.1) is 5.92 Å². The molecular formula is C18H17ClN2O2. The number of nitriles is 1. The van der Waals surface area contributed by atoms with Gasteiger partial charge in [0.2, 0.25) is 5.88 Å². The van der Waals surface area contributed by atoms with Crippen molar-refractivity contribution in [1.29, 1.82) is 5.26 Å². The Morgan fingerprint density at radius 1 is 1.35 bits per heavy atom. The van der Waals surface area contributed by atoms with Gasteiger partial charge in [0.15, 0.2) is 5.78 Å². The maximum Gasteiger partial charge on any atom is 0.205 e. The van der Waals surface area contributed by atoms with Gasteiger partial charge in [-0.15, -0.1) is 0 Å². The third-order valence-electron chi connectivity index (χ3n) is 4.29. The number of rotatable bonds is 1. The molecule has 0 aromatic heterocycles. The summed E-state index contributed by atoms with van der Waals surface area (Å²) in [5.41, 5.74) is 7.23. The molecule has 0 amide bonds. The van der Waals surface area contributed by atoms with Crippen molar-refractivity contribution < 1.29 is 9.53 Å². The van der Waals surface area contributed by atoms with E-state index in [4.69, 9.17) is 22.1 Å². The average molecular weight is 329 g/mol. The van der Waals surface area contributed by atoms with Crippen LogP contribution in [0.5, 0.6) is 0 Å². The molecule has 0 radical (unpaired) electrons. The highest BCUT2D eigenvalue weighted by atomic mass is 35.5. The van der Waals surface area contributed by atoms with Crippen molar-refractivity contribution in [3.05, 3.63) is 57.6 Å². The van der Waals surface area contributed by atoms with Gasteiger partial charge in [0, 0.05) is 23.4 Å². The summed E-state index contributed by atoms with van der Waals surface area (Å²) in [5, 5.41) is 10.0. The van der Waals surface area contributed by atoms with Crippen molar-refractivity contribution in [2.24, 2.45) is 11.1 Å². The van der Waals surface area contributed by atoms with Crippen LogP contribution in [0.1, 0.15) is 38.2 Å². The first kappa shape index (κ1) is 15.6. The zero-order valence-electron chi connectivity index (χ0n) is 13.0. The molecule has 4 nitrogen and oxygen atoms in total. The molecule has 0 saturated carbocycles. The molecule has 0 saturated heterocycles. The normalized spacial score (nSPS) is 23.2. The molecule has 0 bridgehead atoms. The second kappa shape index (κ2) is 5.43. The minimum atomic E-state index is -0.555. The number of nitrogens with zero attached hydrogens (tertiary/aromatic N) is 1. The highest BCUT2D eigenvalue weighted by Crippen LogP contribution is 2.48. The molecular weight excluding hydrogens is 312 g/mol. The summed E-state index contributed by atoms with van der Waals surface area (Å²) >= 11 is 6.31. The summed E-state index contributed by atoms with van der Waals surface area (Å²) in [4.78, 5) is 12.8. The van der Waals surface area contributed by atoms with Crippen LogP contribution in [0.3, 0.4) is 0 Å². The van der Waals surface area contributed by atoms with E-state index in [1.807, 2.05) is 32.0 Å². The summed E-state index contributed by atoms with van der Waals surface area (Å²) in [6, 6.07) is 9.30. The van der Waals surface area contributed by atoms with E-state index in [1.165, 1.54) is 0 Å². The number of hydrogen-bond donors (Lipinski definition) is 1. The summed E-state index contributed by atoms with van der Waals surface area (Å²) in [5.74, 6) is 0.0526. The summed E-state index contributed by atoms with van der Waals surface area (Å²) < 4.78 is 5.64. The lowest BCUT2D eigenvalue weighted by atomic mass is 9.70. The predicted molar refractivity (Wildman–Crippen MR) is 87.2 cm³/mol. The number of halogens is 1. The van der Waals surface area contributed by atoms with Gasteiger partial charge in [0.1, 0.15) is 17.4 Å². The van der Waals surface area contributed by atoms with Crippen LogP contribution in [0, 0.1) is 16.7 Å². The molecule has 2 aliphatic rings. The lowest BCUT2D eigenvalue weighted by Crippen LogP contribution is -2.33. The van der Waals surface area contributed by atoms with Crippen LogP contribution in [-0.4, -0.2) is 5.78 Å². The number of nitrogens with two attached hydrogens (primary N) is 1. The first-order valence-electron chi connectivity index (χ1n) is 7.42. The fourth-order valence-electron chi connectivity index (χ4n) is 3.30. The molecule has 1 aliphatic heterocycles. The van der Waals surface area contributed by atoms with E-state index in [2.05, 4.69) is 6.07 Å². The number of carbonyl (C=O) groups is 1. The van der Waals surface area contributed by atoms with Crippen molar-refractivity contribution >= 4 is 17.4 Å². The van der Waals surface area contributed by atoms with Gasteiger partial charge in [-0.2, -0.15) is 5.26 Å².